The van der Waals surface area contributed by atoms with Crippen LogP contribution in [0.3, 0.4) is 0 Å². The Morgan fingerprint density at radius 2 is 1.85 bits per heavy atom. The lowest BCUT2D eigenvalue weighted by molar-refractivity contribution is -0.124. The van der Waals surface area contributed by atoms with Gasteiger partial charge in [0.2, 0.25) is 0 Å². The number of rotatable bonds is 8. The van der Waals surface area contributed by atoms with Gasteiger partial charge in [0.05, 0.1) is 13.2 Å². The second-order valence-corrected chi connectivity index (χ2v) is 5.78. The maximum absolute atomic E-state index is 12.6. The highest BCUT2D eigenvalue weighted by Crippen LogP contribution is 2.25. The topological polar surface area (TPSA) is 29.5 Å². The van der Waals surface area contributed by atoms with E-state index in [0.717, 1.165) is 18.7 Å². The fourth-order valence-corrected chi connectivity index (χ4v) is 2.10. The third kappa shape index (κ3) is 4.43. The first kappa shape index (κ1) is 16.9. The van der Waals surface area contributed by atoms with Gasteiger partial charge in [-0.25, -0.2) is 0 Å². The van der Waals surface area contributed by atoms with E-state index in [0.29, 0.717) is 13.2 Å². The van der Waals surface area contributed by atoms with Crippen LogP contribution in [0.15, 0.2) is 24.3 Å². The Kier molecular flexibility index (Phi) is 6.37. The Bertz CT molecular complexity index is 423. The number of hydrogen-bond acceptors (Lipinski definition) is 3. The molecule has 0 spiro atoms. The predicted octanol–water partition coefficient (Wildman–Crippen LogP) is 2.81. The van der Waals surface area contributed by atoms with Gasteiger partial charge in [0, 0.05) is 19.1 Å². The van der Waals surface area contributed by atoms with Crippen molar-refractivity contribution in [2.45, 2.75) is 33.1 Å². The zero-order valence-corrected chi connectivity index (χ0v) is 13.4. The van der Waals surface area contributed by atoms with Crippen LogP contribution in [0, 0.1) is 6.92 Å². The third-order valence-corrected chi connectivity index (χ3v) is 3.90. The van der Waals surface area contributed by atoms with Crippen molar-refractivity contribution in [2.24, 2.45) is 0 Å². The van der Waals surface area contributed by atoms with Crippen LogP contribution in [0.1, 0.15) is 31.9 Å². The Balaban J connectivity index is 2.75. The van der Waals surface area contributed by atoms with Crippen molar-refractivity contribution in [2.75, 3.05) is 33.4 Å². The molecule has 0 radical (unpaired) electrons. The maximum Gasteiger partial charge on any atom is 0.156 e. The summed E-state index contributed by atoms with van der Waals surface area (Å²) < 4.78 is 5.09. The van der Waals surface area contributed by atoms with Gasteiger partial charge in [0.15, 0.2) is 5.78 Å². The molecule has 0 aliphatic rings. The van der Waals surface area contributed by atoms with E-state index in [1.807, 2.05) is 13.8 Å². The van der Waals surface area contributed by atoms with Gasteiger partial charge < -0.3 is 4.74 Å². The minimum atomic E-state index is -0.450. The molecule has 0 aromatic heterocycles. The van der Waals surface area contributed by atoms with Gasteiger partial charge >= 0.3 is 0 Å². The molecule has 3 nitrogen and oxygen atoms in total. The number of aryl methyl sites for hydroxylation is 1. The first-order valence-corrected chi connectivity index (χ1v) is 7.23. The van der Waals surface area contributed by atoms with Crippen molar-refractivity contribution in [1.29, 1.82) is 0 Å². The number of carbonyl (C=O) groups excluding carboxylic acids is 1. The van der Waals surface area contributed by atoms with Crippen LogP contribution in [0.2, 0.25) is 0 Å². The van der Waals surface area contributed by atoms with E-state index in [2.05, 4.69) is 43.0 Å². The fraction of sp³-hybridized carbons (Fsp3) is 0.588. The highest BCUT2D eigenvalue weighted by molar-refractivity contribution is 5.90. The average Bonchev–Trinajstić information content (AvgIpc) is 2.43. The highest BCUT2D eigenvalue weighted by Gasteiger charge is 2.30. The molecule has 20 heavy (non-hydrogen) atoms. The lowest BCUT2D eigenvalue weighted by Crippen LogP contribution is -2.40. The summed E-state index contributed by atoms with van der Waals surface area (Å²) in [6.07, 6.45) is 0. The zero-order valence-electron chi connectivity index (χ0n) is 13.4. The molecule has 0 fully saturated rings. The van der Waals surface area contributed by atoms with E-state index in [-0.39, 0.29) is 5.78 Å². The zero-order chi connectivity index (χ0) is 15.2. The molecule has 0 saturated heterocycles. The minimum Gasteiger partial charge on any atom is -0.383 e. The number of benzene rings is 1. The third-order valence-electron chi connectivity index (χ3n) is 3.90. The number of likely N-dealkylation sites (N-methyl/N-ethyl adjacent to an activating group) is 1. The normalized spacial score (nSPS) is 11.9. The minimum absolute atomic E-state index is 0.249. The van der Waals surface area contributed by atoms with E-state index in [1.165, 1.54) is 5.56 Å². The van der Waals surface area contributed by atoms with Gasteiger partial charge in [0.1, 0.15) is 0 Å². The molecule has 0 atom stereocenters. The van der Waals surface area contributed by atoms with Gasteiger partial charge in [-0.2, -0.15) is 0 Å². The molecule has 3 heteroatoms. The van der Waals surface area contributed by atoms with Crippen LogP contribution < -0.4 is 0 Å². The molecule has 0 heterocycles. The summed E-state index contributed by atoms with van der Waals surface area (Å²) in [4.78, 5) is 14.7. The van der Waals surface area contributed by atoms with Crippen molar-refractivity contribution < 1.29 is 9.53 Å². The van der Waals surface area contributed by atoms with Crippen LogP contribution in [-0.4, -0.2) is 44.0 Å². The van der Waals surface area contributed by atoms with Crippen LogP contribution in [0.25, 0.3) is 0 Å². The van der Waals surface area contributed by atoms with Crippen LogP contribution in [-0.2, 0) is 14.9 Å². The first-order chi connectivity index (χ1) is 9.41. The SMILES string of the molecule is CCN(CCOC)CC(=O)C(C)(C)c1ccc(C)cc1. The molecule has 0 unspecified atom stereocenters. The van der Waals surface area contributed by atoms with Gasteiger partial charge in [-0.05, 0) is 32.9 Å². The molecule has 1 aromatic rings. The molecule has 0 aliphatic carbocycles. The second kappa shape index (κ2) is 7.55. The van der Waals surface area contributed by atoms with Crippen molar-refractivity contribution in [3.8, 4) is 0 Å². The molecule has 1 rings (SSSR count). The van der Waals surface area contributed by atoms with Gasteiger partial charge in [-0.1, -0.05) is 36.8 Å². The Morgan fingerprint density at radius 3 is 2.35 bits per heavy atom. The second-order valence-electron chi connectivity index (χ2n) is 5.78. The van der Waals surface area contributed by atoms with Gasteiger partial charge in [-0.15, -0.1) is 0 Å². The average molecular weight is 277 g/mol. The van der Waals surface area contributed by atoms with E-state index < -0.39 is 5.41 Å². The Hall–Kier alpha value is -1.19. The van der Waals surface area contributed by atoms with E-state index >= 15 is 0 Å². The fourth-order valence-electron chi connectivity index (χ4n) is 2.10. The van der Waals surface area contributed by atoms with Gasteiger partial charge in [0.25, 0.3) is 0 Å². The summed E-state index contributed by atoms with van der Waals surface area (Å²) in [5.74, 6) is 0.249. The number of methoxy groups -OCH3 is 1. The van der Waals surface area contributed by atoms with Crippen molar-refractivity contribution >= 4 is 5.78 Å². The van der Waals surface area contributed by atoms with Crippen molar-refractivity contribution in [3.05, 3.63) is 35.4 Å². The quantitative estimate of drug-likeness (QED) is 0.732. The van der Waals surface area contributed by atoms with Crippen LogP contribution >= 0.6 is 0 Å². The number of ether oxygens (including phenoxy) is 1. The summed E-state index contributed by atoms with van der Waals surface area (Å²) in [5, 5.41) is 0. The summed E-state index contributed by atoms with van der Waals surface area (Å²) in [6.45, 7) is 10.9. The van der Waals surface area contributed by atoms with Crippen LogP contribution in [0.5, 0.6) is 0 Å². The molecule has 0 amide bonds. The molecule has 0 bridgehead atoms. The highest BCUT2D eigenvalue weighted by atomic mass is 16.5. The lowest BCUT2D eigenvalue weighted by Gasteiger charge is -2.28. The standard InChI is InChI=1S/C17H27NO2/c1-6-18(11-12-20-5)13-16(19)17(3,4)15-9-7-14(2)8-10-15/h7-10H,6,11-13H2,1-5H3. The van der Waals surface area contributed by atoms with Gasteiger partial charge in [-0.3, -0.25) is 9.69 Å². The van der Waals surface area contributed by atoms with Crippen molar-refractivity contribution in [1.82, 2.24) is 4.90 Å². The molecular formula is C17H27NO2. The molecule has 1 aromatic carbocycles. The number of ketones is 1. The van der Waals surface area contributed by atoms with E-state index in [1.54, 1.807) is 7.11 Å². The lowest BCUT2D eigenvalue weighted by atomic mass is 9.80. The number of hydrogen-bond donors (Lipinski definition) is 0. The Morgan fingerprint density at radius 1 is 1.25 bits per heavy atom. The van der Waals surface area contributed by atoms with E-state index in [4.69, 9.17) is 4.74 Å². The molecule has 112 valence electrons. The summed E-state index contributed by atoms with van der Waals surface area (Å²) in [6, 6.07) is 8.23. The summed E-state index contributed by atoms with van der Waals surface area (Å²) in [5.41, 5.74) is 1.84. The maximum atomic E-state index is 12.6. The number of carbonyl (C=O) groups is 1. The first-order valence-electron chi connectivity index (χ1n) is 7.23. The molecule has 0 N–H and O–H groups in total. The number of Topliss-reactive ketones (excluding diaryl/α,β-unsaturated/α-hetero) is 1. The van der Waals surface area contributed by atoms with Crippen molar-refractivity contribution in [3.63, 3.8) is 0 Å². The van der Waals surface area contributed by atoms with E-state index in [9.17, 15) is 4.79 Å². The van der Waals surface area contributed by atoms with Crippen LogP contribution in [0.4, 0.5) is 0 Å². The smallest absolute Gasteiger partial charge is 0.156 e. The predicted molar refractivity (Wildman–Crippen MR) is 83.2 cm³/mol. The number of nitrogens with zero attached hydrogens (tertiary/aromatic N) is 1. The Labute approximate surface area is 122 Å². The monoisotopic (exact) mass is 277 g/mol. The summed E-state index contributed by atoms with van der Waals surface area (Å²) in [7, 11) is 1.69. The largest absolute Gasteiger partial charge is 0.383 e. The molecule has 0 aliphatic heterocycles. The molecular weight excluding hydrogens is 250 g/mol. The summed E-state index contributed by atoms with van der Waals surface area (Å²) >= 11 is 0. The molecule has 0 saturated carbocycles.